The van der Waals surface area contributed by atoms with Gasteiger partial charge in [0, 0.05) is 50.6 Å². The number of morpholine rings is 1. The zero-order chi connectivity index (χ0) is 18.4. The number of benzene rings is 1. The third-order valence-electron chi connectivity index (χ3n) is 6.56. The van der Waals surface area contributed by atoms with Gasteiger partial charge in [0.15, 0.2) is 0 Å². The van der Waals surface area contributed by atoms with E-state index in [4.69, 9.17) is 9.47 Å². The highest BCUT2D eigenvalue weighted by molar-refractivity contribution is 5.53. The summed E-state index contributed by atoms with van der Waals surface area (Å²) in [6.45, 7) is 9.97. The minimum atomic E-state index is 0.284. The van der Waals surface area contributed by atoms with E-state index in [1.807, 2.05) is 0 Å². The summed E-state index contributed by atoms with van der Waals surface area (Å²) in [6.07, 6.45) is 6.41. The zero-order valence-corrected chi connectivity index (χ0v) is 16.6. The molecular formula is C22H35N3O2. The second-order valence-electron chi connectivity index (χ2n) is 8.22. The van der Waals surface area contributed by atoms with Crippen LogP contribution in [0.1, 0.15) is 37.7 Å². The van der Waals surface area contributed by atoms with Gasteiger partial charge in [0.1, 0.15) is 0 Å². The Hall–Kier alpha value is -1.14. The molecule has 0 spiro atoms. The summed E-state index contributed by atoms with van der Waals surface area (Å²) in [5.41, 5.74) is 3.06. The zero-order valence-electron chi connectivity index (χ0n) is 16.6. The molecule has 0 atom stereocenters. The van der Waals surface area contributed by atoms with Gasteiger partial charge in [-0.1, -0.05) is 24.6 Å². The van der Waals surface area contributed by atoms with E-state index in [2.05, 4.69) is 39.4 Å². The lowest BCUT2D eigenvalue weighted by Crippen LogP contribution is -2.59. The number of nitrogens with zero attached hydrogens (tertiary/aromatic N) is 2. The number of hydrogen-bond acceptors (Lipinski definition) is 5. The van der Waals surface area contributed by atoms with Crippen molar-refractivity contribution in [2.24, 2.45) is 0 Å². The van der Waals surface area contributed by atoms with Crippen LogP contribution >= 0.6 is 0 Å². The van der Waals surface area contributed by atoms with E-state index < -0.39 is 0 Å². The average Bonchev–Trinajstić information content (AvgIpc) is 2.76. The molecule has 0 aromatic heterocycles. The van der Waals surface area contributed by atoms with Crippen molar-refractivity contribution in [3.8, 4) is 0 Å². The first-order valence-electron chi connectivity index (χ1n) is 10.8. The van der Waals surface area contributed by atoms with Gasteiger partial charge in [0.05, 0.1) is 13.2 Å². The van der Waals surface area contributed by atoms with Gasteiger partial charge in [-0.05, 0) is 50.4 Å². The van der Waals surface area contributed by atoms with Crippen LogP contribution in [-0.2, 0) is 16.0 Å². The molecule has 150 valence electrons. The molecule has 0 aliphatic carbocycles. The van der Waals surface area contributed by atoms with Crippen molar-refractivity contribution < 1.29 is 9.47 Å². The van der Waals surface area contributed by atoms with Crippen LogP contribution in [-0.4, -0.2) is 69.6 Å². The average molecular weight is 374 g/mol. The predicted molar refractivity (Wildman–Crippen MR) is 109 cm³/mol. The van der Waals surface area contributed by atoms with Crippen molar-refractivity contribution in [2.75, 3.05) is 64.1 Å². The van der Waals surface area contributed by atoms with Crippen LogP contribution in [0.25, 0.3) is 0 Å². The Bertz CT molecular complexity index is 577. The van der Waals surface area contributed by atoms with Crippen LogP contribution in [0.5, 0.6) is 0 Å². The minimum absolute atomic E-state index is 0.284. The number of hydrogen-bond donors (Lipinski definition) is 1. The SMILES string of the molecule is c1ccc(N2CCOCC2)c(CNCC2(N3CCCCC3)CCOCC2)c1. The molecule has 3 aliphatic rings. The second kappa shape index (κ2) is 9.37. The van der Waals surface area contributed by atoms with Crippen molar-refractivity contribution >= 4 is 5.69 Å². The molecule has 27 heavy (non-hydrogen) atoms. The monoisotopic (exact) mass is 373 g/mol. The topological polar surface area (TPSA) is 37.0 Å². The molecule has 3 heterocycles. The Labute approximate surface area is 164 Å². The third-order valence-corrected chi connectivity index (χ3v) is 6.56. The molecule has 5 nitrogen and oxygen atoms in total. The molecule has 5 heteroatoms. The fourth-order valence-electron chi connectivity index (χ4n) is 4.93. The molecule has 0 bridgehead atoms. The number of piperidine rings is 1. The number of likely N-dealkylation sites (tertiary alicyclic amines) is 1. The van der Waals surface area contributed by atoms with E-state index in [0.717, 1.165) is 65.4 Å². The van der Waals surface area contributed by atoms with Crippen molar-refractivity contribution in [2.45, 2.75) is 44.2 Å². The van der Waals surface area contributed by atoms with Crippen molar-refractivity contribution in [1.29, 1.82) is 0 Å². The summed E-state index contributed by atoms with van der Waals surface area (Å²) < 4.78 is 11.2. The first-order chi connectivity index (χ1) is 13.4. The predicted octanol–water partition coefficient (Wildman–Crippen LogP) is 2.65. The molecule has 1 aromatic carbocycles. The maximum absolute atomic E-state index is 5.71. The van der Waals surface area contributed by atoms with Crippen LogP contribution in [0.3, 0.4) is 0 Å². The van der Waals surface area contributed by atoms with Crippen LogP contribution in [0.2, 0.25) is 0 Å². The molecular weight excluding hydrogens is 338 g/mol. The Kier molecular flexibility index (Phi) is 6.66. The molecule has 3 saturated heterocycles. The van der Waals surface area contributed by atoms with Gasteiger partial charge in [0.2, 0.25) is 0 Å². The van der Waals surface area contributed by atoms with E-state index in [-0.39, 0.29) is 5.54 Å². The highest BCUT2D eigenvalue weighted by Gasteiger charge is 2.38. The molecule has 1 N–H and O–H groups in total. The smallest absolute Gasteiger partial charge is 0.0642 e. The van der Waals surface area contributed by atoms with E-state index in [1.165, 1.54) is 43.6 Å². The lowest BCUT2D eigenvalue weighted by atomic mass is 9.86. The van der Waals surface area contributed by atoms with Gasteiger partial charge in [-0.2, -0.15) is 0 Å². The molecule has 3 fully saturated rings. The van der Waals surface area contributed by atoms with Crippen LogP contribution in [0, 0.1) is 0 Å². The maximum Gasteiger partial charge on any atom is 0.0642 e. The van der Waals surface area contributed by atoms with Crippen molar-refractivity contribution in [1.82, 2.24) is 10.2 Å². The van der Waals surface area contributed by atoms with E-state index in [1.54, 1.807) is 0 Å². The largest absolute Gasteiger partial charge is 0.381 e. The molecule has 1 aromatic rings. The standard InChI is InChI=1S/C22H35N3O2/c1-4-10-25(11-5-1)22(8-14-26-15-9-22)19-23-18-20-6-2-3-7-21(20)24-12-16-27-17-13-24/h2-3,6-7,23H,1,4-5,8-19H2. The van der Waals surface area contributed by atoms with Crippen molar-refractivity contribution in [3.63, 3.8) is 0 Å². The lowest BCUT2D eigenvalue weighted by molar-refractivity contribution is -0.0358. The summed E-state index contributed by atoms with van der Waals surface area (Å²) in [7, 11) is 0. The first kappa shape index (κ1) is 19.2. The van der Waals surface area contributed by atoms with Gasteiger partial charge in [-0.15, -0.1) is 0 Å². The fraction of sp³-hybridized carbons (Fsp3) is 0.727. The normalized spacial score (nSPS) is 24.1. The van der Waals surface area contributed by atoms with Gasteiger partial charge in [0.25, 0.3) is 0 Å². The van der Waals surface area contributed by atoms with Crippen LogP contribution in [0.15, 0.2) is 24.3 Å². The highest BCUT2D eigenvalue weighted by atomic mass is 16.5. The number of anilines is 1. The van der Waals surface area contributed by atoms with E-state index in [0.29, 0.717) is 0 Å². The lowest BCUT2D eigenvalue weighted by Gasteiger charge is -2.48. The first-order valence-corrected chi connectivity index (χ1v) is 10.8. The Morgan fingerprint density at radius 3 is 2.33 bits per heavy atom. The summed E-state index contributed by atoms with van der Waals surface area (Å²) >= 11 is 0. The summed E-state index contributed by atoms with van der Waals surface area (Å²) in [6, 6.07) is 8.85. The second-order valence-corrected chi connectivity index (χ2v) is 8.22. The van der Waals surface area contributed by atoms with Crippen LogP contribution in [0.4, 0.5) is 5.69 Å². The molecule has 0 amide bonds. The number of rotatable bonds is 6. The summed E-state index contributed by atoms with van der Waals surface area (Å²) in [4.78, 5) is 5.23. The van der Waals surface area contributed by atoms with Crippen molar-refractivity contribution in [3.05, 3.63) is 29.8 Å². The Balaban J connectivity index is 1.40. The van der Waals surface area contributed by atoms with Crippen LogP contribution < -0.4 is 10.2 Å². The van der Waals surface area contributed by atoms with E-state index >= 15 is 0 Å². The third kappa shape index (κ3) is 4.65. The summed E-state index contributed by atoms with van der Waals surface area (Å²) in [5, 5.41) is 3.83. The Morgan fingerprint density at radius 1 is 0.852 bits per heavy atom. The maximum atomic E-state index is 5.71. The van der Waals surface area contributed by atoms with Gasteiger partial charge >= 0.3 is 0 Å². The highest BCUT2D eigenvalue weighted by Crippen LogP contribution is 2.30. The van der Waals surface area contributed by atoms with E-state index in [9.17, 15) is 0 Å². The summed E-state index contributed by atoms with van der Waals surface area (Å²) in [5.74, 6) is 0. The molecule has 0 unspecified atom stereocenters. The number of para-hydroxylation sites is 1. The number of ether oxygens (including phenoxy) is 2. The number of nitrogens with one attached hydrogen (secondary N) is 1. The molecule has 0 radical (unpaired) electrons. The Morgan fingerprint density at radius 2 is 1.56 bits per heavy atom. The molecule has 0 saturated carbocycles. The molecule has 4 rings (SSSR count). The minimum Gasteiger partial charge on any atom is -0.381 e. The van der Waals surface area contributed by atoms with Gasteiger partial charge < -0.3 is 19.7 Å². The van der Waals surface area contributed by atoms with Gasteiger partial charge in [-0.25, -0.2) is 0 Å². The molecule has 3 aliphatic heterocycles. The fourth-order valence-corrected chi connectivity index (χ4v) is 4.93. The van der Waals surface area contributed by atoms with Gasteiger partial charge in [-0.3, -0.25) is 4.90 Å². The quantitative estimate of drug-likeness (QED) is 0.830.